The van der Waals surface area contributed by atoms with Crippen LogP contribution in [0.3, 0.4) is 0 Å². The van der Waals surface area contributed by atoms with Gasteiger partial charge in [-0.25, -0.2) is 14.8 Å². The van der Waals surface area contributed by atoms with Crippen LogP contribution in [0.25, 0.3) is 0 Å². The second-order valence-electron chi connectivity index (χ2n) is 9.76. The van der Waals surface area contributed by atoms with E-state index in [4.69, 9.17) is 4.74 Å². The van der Waals surface area contributed by atoms with Crippen molar-refractivity contribution in [1.29, 1.82) is 0 Å². The number of ether oxygens (including phenoxy) is 1. The van der Waals surface area contributed by atoms with Crippen LogP contribution in [0.1, 0.15) is 51.9 Å². The maximum atomic E-state index is 12.0. The summed E-state index contributed by atoms with van der Waals surface area (Å²) in [7, 11) is 0. The summed E-state index contributed by atoms with van der Waals surface area (Å²) in [5.74, 6) is 1.67. The summed E-state index contributed by atoms with van der Waals surface area (Å²) in [4.78, 5) is 28.2. The first-order chi connectivity index (χ1) is 14.7. The molecule has 1 amide bonds. The molecule has 0 radical (unpaired) electrons. The van der Waals surface area contributed by atoms with E-state index in [2.05, 4.69) is 19.8 Å². The average Bonchev–Trinajstić information content (AvgIpc) is 3.42. The van der Waals surface area contributed by atoms with Gasteiger partial charge < -0.3 is 19.4 Å². The number of hydrogen-bond acceptors (Lipinski definition) is 6. The Hall–Kier alpha value is -1.89. The lowest BCUT2D eigenvalue weighted by Crippen LogP contribution is -2.55. The SMILES string of the molecule is CCOC(=O)N1CCC2(CC(N3CCC([C@@H]4CCCN4c4ncccn4)CC3)C2)C1. The summed E-state index contributed by atoms with van der Waals surface area (Å²) in [6, 6.07) is 3.22. The van der Waals surface area contributed by atoms with E-state index in [-0.39, 0.29) is 6.09 Å². The minimum atomic E-state index is -0.123. The van der Waals surface area contributed by atoms with E-state index >= 15 is 0 Å². The van der Waals surface area contributed by atoms with Crippen LogP contribution < -0.4 is 4.90 Å². The molecule has 0 unspecified atom stereocenters. The van der Waals surface area contributed by atoms with Gasteiger partial charge in [-0.15, -0.1) is 0 Å². The fourth-order valence-corrected chi connectivity index (χ4v) is 6.48. The highest BCUT2D eigenvalue weighted by Gasteiger charge is 2.51. The van der Waals surface area contributed by atoms with Gasteiger partial charge in [0.05, 0.1) is 6.61 Å². The lowest BCUT2D eigenvalue weighted by atomic mass is 9.64. The molecule has 1 saturated carbocycles. The average molecular weight is 414 g/mol. The first-order valence-corrected chi connectivity index (χ1v) is 11.9. The molecule has 4 heterocycles. The highest BCUT2D eigenvalue weighted by Crippen LogP contribution is 2.51. The number of likely N-dealkylation sites (tertiary alicyclic amines) is 2. The monoisotopic (exact) mass is 413 g/mol. The van der Waals surface area contributed by atoms with Crippen LogP contribution in [0.15, 0.2) is 18.5 Å². The van der Waals surface area contributed by atoms with Crippen LogP contribution in [0.5, 0.6) is 0 Å². The van der Waals surface area contributed by atoms with Gasteiger partial charge in [0.2, 0.25) is 5.95 Å². The van der Waals surface area contributed by atoms with Crippen molar-refractivity contribution >= 4 is 12.0 Å². The summed E-state index contributed by atoms with van der Waals surface area (Å²) in [6.07, 6.45) is 12.3. The Morgan fingerprint density at radius 2 is 1.90 bits per heavy atom. The van der Waals surface area contributed by atoms with E-state index in [0.717, 1.165) is 37.9 Å². The van der Waals surface area contributed by atoms with Crippen molar-refractivity contribution in [2.45, 2.75) is 64.0 Å². The summed E-state index contributed by atoms with van der Waals surface area (Å²) in [5.41, 5.74) is 0.362. The molecule has 5 rings (SSSR count). The zero-order chi connectivity index (χ0) is 20.6. The molecule has 4 fully saturated rings. The zero-order valence-corrected chi connectivity index (χ0v) is 18.2. The summed E-state index contributed by atoms with van der Waals surface area (Å²) >= 11 is 0. The quantitative estimate of drug-likeness (QED) is 0.756. The number of hydrogen-bond donors (Lipinski definition) is 0. The summed E-state index contributed by atoms with van der Waals surface area (Å²) < 4.78 is 5.20. The Bertz CT molecular complexity index is 730. The van der Waals surface area contributed by atoms with Crippen molar-refractivity contribution in [3.63, 3.8) is 0 Å². The first kappa shape index (κ1) is 20.0. The molecule has 30 heavy (non-hydrogen) atoms. The highest BCUT2D eigenvalue weighted by atomic mass is 16.6. The minimum Gasteiger partial charge on any atom is -0.450 e. The zero-order valence-electron chi connectivity index (χ0n) is 18.2. The molecule has 7 heteroatoms. The molecule has 0 aromatic carbocycles. The molecule has 3 saturated heterocycles. The van der Waals surface area contributed by atoms with E-state index in [1.807, 2.05) is 30.3 Å². The number of amides is 1. The van der Waals surface area contributed by atoms with Gasteiger partial charge in [-0.05, 0) is 82.4 Å². The van der Waals surface area contributed by atoms with Gasteiger partial charge in [0.15, 0.2) is 0 Å². The fraction of sp³-hybridized carbons (Fsp3) is 0.783. The first-order valence-electron chi connectivity index (χ1n) is 11.9. The topological polar surface area (TPSA) is 61.8 Å². The predicted molar refractivity (Wildman–Crippen MR) is 115 cm³/mol. The molecular weight excluding hydrogens is 378 g/mol. The van der Waals surface area contributed by atoms with Crippen molar-refractivity contribution < 1.29 is 9.53 Å². The van der Waals surface area contributed by atoms with E-state index in [9.17, 15) is 4.79 Å². The van der Waals surface area contributed by atoms with E-state index in [1.165, 1.54) is 51.6 Å². The van der Waals surface area contributed by atoms with Gasteiger partial charge in [0.1, 0.15) is 0 Å². The molecule has 1 aromatic heterocycles. The molecule has 1 atom stereocenters. The largest absolute Gasteiger partial charge is 0.450 e. The molecular formula is C23H35N5O2. The molecule has 1 aliphatic carbocycles. The Kier molecular flexibility index (Phi) is 5.56. The molecule has 164 valence electrons. The number of anilines is 1. The normalized spacial score (nSPS) is 32.6. The van der Waals surface area contributed by atoms with Gasteiger partial charge in [-0.3, -0.25) is 0 Å². The Labute approximate surface area is 179 Å². The molecule has 3 aliphatic heterocycles. The number of aromatic nitrogens is 2. The van der Waals surface area contributed by atoms with Crippen LogP contribution in [0, 0.1) is 11.3 Å². The van der Waals surface area contributed by atoms with Gasteiger partial charge in [0.25, 0.3) is 0 Å². The van der Waals surface area contributed by atoms with Crippen molar-refractivity contribution in [2.24, 2.45) is 11.3 Å². The molecule has 1 aromatic rings. The number of piperidine rings is 1. The fourth-order valence-electron chi connectivity index (χ4n) is 6.48. The van der Waals surface area contributed by atoms with Crippen molar-refractivity contribution in [3.05, 3.63) is 18.5 Å². The predicted octanol–water partition coefficient (Wildman–Crippen LogP) is 3.17. The van der Waals surface area contributed by atoms with E-state index in [1.54, 1.807) is 0 Å². The Morgan fingerprint density at radius 3 is 2.63 bits per heavy atom. The number of rotatable bonds is 4. The van der Waals surface area contributed by atoms with Gasteiger partial charge in [0, 0.05) is 44.1 Å². The summed E-state index contributed by atoms with van der Waals surface area (Å²) in [5, 5.41) is 0. The maximum absolute atomic E-state index is 12.0. The third-order valence-electron chi connectivity index (χ3n) is 8.04. The number of nitrogens with zero attached hydrogens (tertiary/aromatic N) is 5. The van der Waals surface area contributed by atoms with Crippen LogP contribution in [-0.2, 0) is 4.74 Å². The number of carbonyl (C=O) groups excluding carboxylic acids is 1. The van der Waals surface area contributed by atoms with Crippen molar-refractivity contribution in [3.8, 4) is 0 Å². The maximum Gasteiger partial charge on any atom is 0.409 e. The van der Waals surface area contributed by atoms with Gasteiger partial charge in [-0.1, -0.05) is 0 Å². The van der Waals surface area contributed by atoms with Crippen molar-refractivity contribution in [1.82, 2.24) is 19.8 Å². The van der Waals surface area contributed by atoms with Crippen LogP contribution >= 0.6 is 0 Å². The highest BCUT2D eigenvalue weighted by molar-refractivity contribution is 5.68. The second-order valence-corrected chi connectivity index (χ2v) is 9.76. The Morgan fingerprint density at radius 1 is 1.13 bits per heavy atom. The van der Waals surface area contributed by atoms with Crippen LogP contribution in [0.4, 0.5) is 10.7 Å². The van der Waals surface area contributed by atoms with Crippen LogP contribution in [-0.4, -0.2) is 77.3 Å². The van der Waals surface area contributed by atoms with Crippen molar-refractivity contribution in [2.75, 3.05) is 44.2 Å². The summed E-state index contributed by atoms with van der Waals surface area (Å²) in [6.45, 7) is 7.63. The van der Waals surface area contributed by atoms with Gasteiger partial charge in [-0.2, -0.15) is 0 Å². The molecule has 0 bridgehead atoms. The smallest absolute Gasteiger partial charge is 0.409 e. The molecule has 4 aliphatic rings. The molecule has 1 spiro atoms. The minimum absolute atomic E-state index is 0.123. The van der Waals surface area contributed by atoms with E-state index < -0.39 is 0 Å². The lowest BCUT2D eigenvalue weighted by Gasteiger charge is -2.52. The lowest BCUT2D eigenvalue weighted by molar-refractivity contribution is -0.0110. The van der Waals surface area contributed by atoms with E-state index in [0.29, 0.717) is 24.1 Å². The van der Waals surface area contributed by atoms with Crippen LogP contribution in [0.2, 0.25) is 0 Å². The second kappa shape index (κ2) is 8.33. The third-order valence-corrected chi connectivity index (χ3v) is 8.04. The molecule has 0 N–H and O–H groups in total. The molecule has 7 nitrogen and oxygen atoms in total. The van der Waals surface area contributed by atoms with Gasteiger partial charge >= 0.3 is 6.09 Å². The third kappa shape index (κ3) is 3.77. The Balaban J connectivity index is 1.11. The number of carbonyl (C=O) groups is 1. The standard InChI is InChI=1S/C23H35N5O2/c1-2-30-22(29)27-14-8-23(17-27)15-19(16-23)26-12-6-18(7-13-26)20-5-3-11-28(20)21-24-9-4-10-25-21/h4,9-10,18-20H,2-3,5-8,11-17H2,1H3/t19?,20-,23?/m0/s1.